The van der Waals surface area contributed by atoms with Gasteiger partial charge in [-0.05, 0) is 38.1 Å². The summed E-state index contributed by atoms with van der Waals surface area (Å²) in [4.78, 5) is 24.5. The summed E-state index contributed by atoms with van der Waals surface area (Å²) in [5.41, 5.74) is 5.55. The molecule has 1 amide bonds. The zero-order valence-corrected chi connectivity index (χ0v) is 10.5. The summed E-state index contributed by atoms with van der Waals surface area (Å²) >= 11 is 0. The standard InChI is InChI=1S/C13H17FN2O2/c1-9(2)16(8-13(15)18)7-12(17)10-3-5-11(14)6-4-10/h3-6,9H,7-8H2,1-2H3,(H2,15,18). The second-order valence-electron chi connectivity index (χ2n) is 4.40. The third-order valence-corrected chi connectivity index (χ3v) is 2.60. The van der Waals surface area contributed by atoms with Gasteiger partial charge in [-0.1, -0.05) is 0 Å². The Balaban J connectivity index is 2.72. The van der Waals surface area contributed by atoms with Crippen molar-refractivity contribution in [3.8, 4) is 0 Å². The Morgan fingerprint density at radius 2 is 1.78 bits per heavy atom. The second kappa shape index (κ2) is 6.26. The van der Waals surface area contributed by atoms with Crippen molar-refractivity contribution in [3.05, 3.63) is 35.6 Å². The van der Waals surface area contributed by atoms with Crippen molar-refractivity contribution in [3.63, 3.8) is 0 Å². The summed E-state index contributed by atoms with van der Waals surface area (Å²) in [6.45, 7) is 3.87. The zero-order valence-electron chi connectivity index (χ0n) is 10.5. The Kier molecular flexibility index (Phi) is 4.97. The Morgan fingerprint density at radius 1 is 1.22 bits per heavy atom. The Labute approximate surface area is 106 Å². The predicted molar refractivity (Wildman–Crippen MR) is 66.6 cm³/mol. The molecular weight excluding hydrogens is 235 g/mol. The van der Waals surface area contributed by atoms with Crippen molar-refractivity contribution in [2.45, 2.75) is 19.9 Å². The van der Waals surface area contributed by atoms with Crippen molar-refractivity contribution < 1.29 is 14.0 Å². The van der Waals surface area contributed by atoms with Gasteiger partial charge in [0.15, 0.2) is 5.78 Å². The van der Waals surface area contributed by atoms with Crippen molar-refractivity contribution in [2.24, 2.45) is 5.73 Å². The van der Waals surface area contributed by atoms with E-state index in [2.05, 4.69) is 0 Å². The van der Waals surface area contributed by atoms with Gasteiger partial charge in [-0.2, -0.15) is 0 Å². The fraction of sp³-hybridized carbons (Fsp3) is 0.385. The monoisotopic (exact) mass is 252 g/mol. The number of hydrogen-bond acceptors (Lipinski definition) is 3. The average molecular weight is 252 g/mol. The molecule has 0 unspecified atom stereocenters. The number of amides is 1. The summed E-state index contributed by atoms with van der Waals surface area (Å²) < 4.78 is 12.7. The highest BCUT2D eigenvalue weighted by atomic mass is 19.1. The molecule has 0 bridgehead atoms. The van der Waals surface area contributed by atoms with Crippen LogP contribution in [0.4, 0.5) is 4.39 Å². The number of hydrogen-bond donors (Lipinski definition) is 1. The number of Topliss-reactive ketones (excluding diaryl/α,β-unsaturated/α-hetero) is 1. The number of carbonyl (C=O) groups excluding carboxylic acids is 2. The minimum absolute atomic E-state index is 0.0295. The molecule has 0 spiro atoms. The van der Waals surface area contributed by atoms with Crippen LogP contribution in [0.2, 0.25) is 0 Å². The van der Waals surface area contributed by atoms with Gasteiger partial charge >= 0.3 is 0 Å². The number of ketones is 1. The van der Waals surface area contributed by atoms with E-state index in [0.29, 0.717) is 5.56 Å². The van der Waals surface area contributed by atoms with E-state index in [1.165, 1.54) is 24.3 Å². The van der Waals surface area contributed by atoms with Gasteiger partial charge in [-0.3, -0.25) is 14.5 Å². The number of rotatable bonds is 6. The normalized spacial score (nSPS) is 10.9. The van der Waals surface area contributed by atoms with E-state index >= 15 is 0 Å². The highest BCUT2D eigenvalue weighted by molar-refractivity contribution is 5.97. The number of halogens is 1. The minimum Gasteiger partial charge on any atom is -0.369 e. The van der Waals surface area contributed by atoms with Gasteiger partial charge in [0.25, 0.3) is 0 Å². The summed E-state index contributed by atoms with van der Waals surface area (Å²) in [7, 11) is 0. The molecule has 0 aromatic heterocycles. The fourth-order valence-electron chi connectivity index (χ4n) is 1.53. The van der Waals surface area contributed by atoms with Crippen LogP contribution in [0.1, 0.15) is 24.2 Å². The molecule has 0 radical (unpaired) electrons. The summed E-state index contributed by atoms with van der Waals surface area (Å²) in [5.74, 6) is -1.02. The largest absolute Gasteiger partial charge is 0.369 e. The van der Waals surface area contributed by atoms with Crippen molar-refractivity contribution in [2.75, 3.05) is 13.1 Å². The molecule has 0 aliphatic rings. The fourth-order valence-corrected chi connectivity index (χ4v) is 1.53. The van der Waals surface area contributed by atoms with Crippen LogP contribution in [0.3, 0.4) is 0 Å². The van der Waals surface area contributed by atoms with E-state index in [1.54, 1.807) is 4.90 Å². The second-order valence-corrected chi connectivity index (χ2v) is 4.40. The average Bonchev–Trinajstić information content (AvgIpc) is 2.28. The molecule has 0 heterocycles. The van der Waals surface area contributed by atoms with E-state index in [9.17, 15) is 14.0 Å². The molecule has 1 aromatic carbocycles. The molecule has 5 heteroatoms. The van der Waals surface area contributed by atoms with Crippen molar-refractivity contribution in [1.29, 1.82) is 0 Å². The first-order valence-corrected chi connectivity index (χ1v) is 5.71. The van der Waals surface area contributed by atoms with Crippen LogP contribution in [-0.2, 0) is 4.79 Å². The first kappa shape index (κ1) is 14.3. The summed E-state index contributed by atoms with van der Waals surface area (Å²) in [5, 5.41) is 0. The van der Waals surface area contributed by atoms with Crippen LogP contribution in [0, 0.1) is 5.82 Å². The highest BCUT2D eigenvalue weighted by Crippen LogP contribution is 2.06. The third kappa shape index (κ3) is 4.25. The molecule has 1 rings (SSSR count). The number of carbonyl (C=O) groups is 2. The van der Waals surface area contributed by atoms with Crippen LogP contribution in [0.5, 0.6) is 0 Å². The minimum atomic E-state index is -0.476. The summed E-state index contributed by atoms with van der Waals surface area (Å²) in [6.07, 6.45) is 0. The van der Waals surface area contributed by atoms with E-state index < -0.39 is 5.91 Å². The molecule has 2 N–H and O–H groups in total. The van der Waals surface area contributed by atoms with Crippen LogP contribution in [0.15, 0.2) is 24.3 Å². The van der Waals surface area contributed by atoms with E-state index in [0.717, 1.165) is 0 Å². The van der Waals surface area contributed by atoms with Gasteiger partial charge in [-0.15, -0.1) is 0 Å². The van der Waals surface area contributed by atoms with Gasteiger partial charge in [-0.25, -0.2) is 4.39 Å². The molecule has 0 saturated carbocycles. The van der Waals surface area contributed by atoms with E-state index in [1.807, 2.05) is 13.8 Å². The first-order valence-electron chi connectivity index (χ1n) is 5.71. The third-order valence-electron chi connectivity index (χ3n) is 2.60. The summed E-state index contributed by atoms with van der Waals surface area (Å²) in [6, 6.07) is 5.37. The molecular formula is C13H17FN2O2. The van der Waals surface area contributed by atoms with E-state index in [-0.39, 0.29) is 30.7 Å². The van der Waals surface area contributed by atoms with E-state index in [4.69, 9.17) is 5.73 Å². The van der Waals surface area contributed by atoms with Gasteiger partial charge in [0.05, 0.1) is 13.1 Å². The van der Waals surface area contributed by atoms with Crippen LogP contribution in [-0.4, -0.2) is 35.7 Å². The molecule has 1 aromatic rings. The molecule has 0 atom stereocenters. The van der Waals surface area contributed by atoms with Gasteiger partial charge < -0.3 is 5.73 Å². The Bertz CT molecular complexity index is 429. The lowest BCUT2D eigenvalue weighted by Crippen LogP contribution is -2.41. The molecule has 0 aliphatic heterocycles. The number of nitrogens with two attached hydrogens (primary N) is 1. The molecule has 0 fully saturated rings. The molecule has 4 nitrogen and oxygen atoms in total. The van der Waals surface area contributed by atoms with Crippen molar-refractivity contribution in [1.82, 2.24) is 4.90 Å². The van der Waals surface area contributed by atoms with Crippen LogP contribution in [0.25, 0.3) is 0 Å². The van der Waals surface area contributed by atoms with Gasteiger partial charge in [0.1, 0.15) is 5.82 Å². The lowest BCUT2D eigenvalue weighted by atomic mass is 10.1. The number of primary amides is 1. The van der Waals surface area contributed by atoms with Gasteiger partial charge in [0, 0.05) is 11.6 Å². The van der Waals surface area contributed by atoms with Crippen molar-refractivity contribution >= 4 is 11.7 Å². The maximum atomic E-state index is 12.7. The predicted octanol–water partition coefficient (Wildman–Crippen LogP) is 1.20. The zero-order chi connectivity index (χ0) is 13.7. The number of benzene rings is 1. The van der Waals surface area contributed by atoms with Gasteiger partial charge in [0.2, 0.25) is 5.91 Å². The highest BCUT2D eigenvalue weighted by Gasteiger charge is 2.17. The first-order chi connectivity index (χ1) is 8.40. The maximum Gasteiger partial charge on any atom is 0.231 e. The maximum absolute atomic E-state index is 12.7. The molecule has 18 heavy (non-hydrogen) atoms. The van der Waals surface area contributed by atoms with Crippen LogP contribution >= 0.6 is 0 Å². The Morgan fingerprint density at radius 3 is 2.22 bits per heavy atom. The topological polar surface area (TPSA) is 63.4 Å². The molecule has 0 aliphatic carbocycles. The Hall–Kier alpha value is -1.75. The van der Waals surface area contributed by atoms with Crippen LogP contribution < -0.4 is 5.73 Å². The lowest BCUT2D eigenvalue weighted by molar-refractivity contribution is -0.119. The molecule has 0 saturated heterocycles. The number of nitrogens with zero attached hydrogens (tertiary/aromatic N) is 1. The smallest absolute Gasteiger partial charge is 0.231 e. The quantitative estimate of drug-likeness (QED) is 0.774. The SMILES string of the molecule is CC(C)N(CC(N)=O)CC(=O)c1ccc(F)cc1. The lowest BCUT2D eigenvalue weighted by Gasteiger charge is -2.23. The molecule has 98 valence electrons.